The van der Waals surface area contributed by atoms with Crippen molar-refractivity contribution in [3.63, 3.8) is 0 Å². The minimum Gasteiger partial charge on any atom is -0.461 e. The quantitative estimate of drug-likeness (QED) is 0.439. The van der Waals surface area contributed by atoms with Gasteiger partial charge in [0.15, 0.2) is 0 Å². The molecular weight excluding hydrogens is 202 g/mol. The molecule has 0 aliphatic carbocycles. The average molecular weight is 214 g/mol. The molecule has 0 aromatic carbocycles. The van der Waals surface area contributed by atoms with E-state index in [1.807, 2.05) is 6.92 Å². The summed E-state index contributed by atoms with van der Waals surface area (Å²) >= 11 is 5.63. The Morgan fingerprint density at radius 3 is 3.00 bits per heavy atom. The molecule has 0 atom stereocenters. The van der Waals surface area contributed by atoms with Gasteiger partial charge in [0.05, 0.1) is 6.61 Å². The third kappa shape index (κ3) is 3.34. The summed E-state index contributed by atoms with van der Waals surface area (Å²) in [6.45, 7) is 2.47. The van der Waals surface area contributed by atoms with E-state index in [2.05, 4.69) is 4.98 Å². The number of carbonyl (C=O) groups is 1. The van der Waals surface area contributed by atoms with Crippen LogP contribution in [-0.4, -0.2) is 17.6 Å². The number of esters is 1. The molecule has 3 nitrogen and oxygen atoms in total. The summed E-state index contributed by atoms with van der Waals surface area (Å²) in [6, 6.07) is 4.87. The minimum absolute atomic E-state index is 0.258. The maximum atomic E-state index is 11.3. The molecule has 1 heterocycles. The molecule has 0 saturated heterocycles. The van der Waals surface area contributed by atoms with E-state index in [9.17, 15) is 4.79 Å². The average Bonchev–Trinajstić information content (AvgIpc) is 2.18. The Morgan fingerprint density at radius 2 is 2.36 bits per heavy atom. The molecule has 0 bridgehead atoms. The van der Waals surface area contributed by atoms with Crippen molar-refractivity contribution < 1.29 is 9.53 Å². The van der Waals surface area contributed by atoms with Gasteiger partial charge in [-0.15, -0.1) is 0 Å². The number of pyridine rings is 1. The van der Waals surface area contributed by atoms with Gasteiger partial charge in [-0.3, -0.25) is 0 Å². The number of rotatable bonds is 4. The third-order valence-corrected chi connectivity index (χ3v) is 1.87. The molecule has 4 heteroatoms. The Labute approximate surface area is 88.1 Å². The number of aromatic nitrogens is 1. The zero-order chi connectivity index (χ0) is 10.4. The van der Waals surface area contributed by atoms with Gasteiger partial charge >= 0.3 is 5.97 Å². The third-order valence-electron chi connectivity index (χ3n) is 1.66. The SMILES string of the molecule is CCCCOC(=O)c1cccc(Cl)n1. The fourth-order valence-corrected chi connectivity index (χ4v) is 1.07. The zero-order valence-electron chi connectivity index (χ0n) is 8.00. The second-order valence-corrected chi connectivity index (χ2v) is 3.22. The smallest absolute Gasteiger partial charge is 0.356 e. The fraction of sp³-hybridized carbons (Fsp3) is 0.400. The summed E-state index contributed by atoms with van der Waals surface area (Å²) in [4.78, 5) is 15.2. The molecule has 0 amide bonds. The summed E-state index contributed by atoms with van der Waals surface area (Å²) < 4.78 is 4.96. The van der Waals surface area contributed by atoms with E-state index in [-0.39, 0.29) is 5.69 Å². The number of unbranched alkanes of at least 4 members (excludes halogenated alkanes) is 1. The summed E-state index contributed by atoms with van der Waals surface area (Å²) in [7, 11) is 0. The van der Waals surface area contributed by atoms with E-state index in [1.54, 1.807) is 18.2 Å². The molecule has 76 valence electrons. The van der Waals surface area contributed by atoms with Crippen LogP contribution in [0.2, 0.25) is 5.15 Å². The number of hydrogen-bond donors (Lipinski definition) is 0. The topological polar surface area (TPSA) is 39.2 Å². The Morgan fingerprint density at radius 1 is 1.57 bits per heavy atom. The summed E-state index contributed by atoms with van der Waals surface area (Å²) in [5.41, 5.74) is 0.258. The van der Waals surface area contributed by atoms with Crippen molar-refractivity contribution in [3.8, 4) is 0 Å². The summed E-state index contributed by atoms with van der Waals surface area (Å²) in [5, 5.41) is 0.301. The lowest BCUT2D eigenvalue weighted by Crippen LogP contribution is -2.08. The molecule has 0 radical (unpaired) electrons. The Balaban J connectivity index is 2.52. The van der Waals surface area contributed by atoms with Gasteiger partial charge in [-0.25, -0.2) is 9.78 Å². The first-order chi connectivity index (χ1) is 6.74. The molecule has 14 heavy (non-hydrogen) atoms. The molecule has 0 spiro atoms. The van der Waals surface area contributed by atoms with Gasteiger partial charge in [-0.05, 0) is 18.6 Å². The van der Waals surface area contributed by atoms with Gasteiger partial charge in [-0.1, -0.05) is 31.0 Å². The number of halogens is 1. The van der Waals surface area contributed by atoms with Crippen LogP contribution in [0.25, 0.3) is 0 Å². The van der Waals surface area contributed by atoms with E-state index in [1.165, 1.54) is 0 Å². The van der Waals surface area contributed by atoms with Crippen molar-refractivity contribution in [2.24, 2.45) is 0 Å². The van der Waals surface area contributed by atoms with Gasteiger partial charge in [0.2, 0.25) is 0 Å². The Hall–Kier alpha value is -1.09. The van der Waals surface area contributed by atoms with E-state index in [4.69, 9.17) is 16.3 Å². The van der Waals surface area contributed by atoms with Crippen LogP contribution in [0.4, 0.5) is 0 Å². The summed E-state index contributed by atoms with van der Waals surface area (Å²) in [5.74, 6) is -0.416. The minimum atomic E-state index is -0.416. The van der Waals surface area contributed by atoms with E-state index >= 15 is 0 Å². The van der Waals surface area contributed by atoms with E-state index in [0.29, 0.717) is 11.8 Å². The molecule has 0 aliphatic rings. The Bertz CT molecular complexity index is 315. The normalized spacial score (nSPS) is 9.86. The molecule has 0 N–H and O–H groups in total. The molecule has 1 aromatic heterocycles. The van der Waals surface area contributed by atoms with Crippen molar-refractivity contribution in [2.45, 2.75) is 19.8 Å². The van der Waals surface area contributed by atoms with Crippen molar-refractivity contribution in [1.82, 2.24) is 4.98 Å². The zero-order valence-corrected chi connectivity index (χ0v) is 8.75. The standard InChI is InChI=1S/C10H12ClNO2/c1-2-3-7-14-10(13)8-5-4-6-9(11)12-8/h4-6H,2-3,7H2,1H3. The maximum Gasteiger partial charge on any atom is 0.356 e. The number of carbonyl (C=O) groups excluding carboxylic acids is 1. The van der Waals surface area contributed by atoms with Crippen LogP contribution in [0.3, 0.4) is 0 Å². The molecule has 0 unspecified atom stereocenters. The highest BCUT2D eigenvalue weighted by Crippen LogP contribution is 2.06. The number of nitrogens with zero attached hydrogens (tertiary/aromatic N) is 1. The molecule has 1 aromatic rings. The molecule has 0 fully saturated rings. The van der Waals surface area contributed by atoms with Crippen LogP contribution in [0.1, 0.15) is 30.3 Å². The van der Waals surface area contributed by atoms with E-state index in [0.717, 1.165) is 12.8 Å². The van der Waals surface area contributed by atoms with E-state index < -0.39 is 5.97 Å². The lowest BCUT2D eigenvalue weighted by molar-refractivity contribution is 0.0493. The van der Waals surface area contributed by atoms with Crippen molar-refractivity contribution in [2.75, 3.05) is 6.61 Å². The molecule has 0 saturated carbocycles. The van der Waals surface area contributed by atoms with Crippen LogP contribution in [0, 0.1) is 0 Å². The second kappa shape index (κ2) is 5.60. The van der Waals surface area contributed by atoms with Crippen molar-refractivity contribution in [1.29, 1.82) is 0 Å². The molecular formula is C10H12ClNO2. The van der Waals surface area contributed by atoms with Crippen molar-refractivity contribution in [3.05, 3.63) is 29.0 Å². The van der Waals surface area contributed by atoms with Crippen LogP contribution >= 0.6 is 11.6 Å². The predicted octanol–water partition coefficient (Wildman–Crippen LogP) is 2.69. The fourth-order valence-electron chi connectivity index (χ4n) is 0.905. The number of ether oxygens (including phenoxy) is 1. The highest BCUT2D eigenvalue weighted by atomic mass is 35.5. The van der Waals surface area contributed by atoms with Crippen LogP contribution < -0.4 is 0 Å². The first-order valence-corrected chi connectivity index (χ1v) is 4.91. The maximum absolute atomic E-state index is 11.3. The number of hydrogen-bond acceptors (Lipinski definition) is 3. The largest absolute Gasteiger partial charge is 0.461 e. The van der Waals surface area contributed by atoms with Crippen LogP contribution in [0.5, 0.6) is 0 Å². The summed E-state index contributed by atoms with van der Waals surface area (Å²) in [6.07, 6.45) is 1.86. The lowest BCUT2D eigenvalue weighted by Gasteiger charge is -2.02. The first-order valence-electron chi connectivity index (χ1n) is 4.53. The van der Waals surface area contributed by atoms with Gasteiger partial charge < -0.3 is 4.74 Å². The Kier molecular flexibility index (Phi) is 4.40. The van der Waals surface area contributed by atoms with Crippen LogP contribution in [-0.2, 0) is 4.74 Å². The molecule has 0 aliphatic heterocycles. The van der Waals surface area contributed by atoms with Gasteiger partial charge in [-0.2, -0.15) is 0 Å². The predicted molar refractivity (Wildman–Crippen MR) is 54.4 cm³/mol. The molecule has 1 rings (SSSR count). The monoisotopic (exact) mass is 213 g/mol. The first kappa shape index (κ1) is 11.0. The highest BCUT2D eigenvalue weighted by molar-refractivity contribution is 6.29. The highest BCUT2D eigenvalue weighted by Gasteiger charge is 2.07. The second-order valence-electron chi connectivity index (χ2n) is 2.84. The van der Waals surface area contributed by atoms with Crippen molar-refractivity contribution >= 4 is 17.6 Å². The lowest BCUT2D eigenvalue weighted by atomic mass is 10.3. The van der Waals surface area contributed by atoms with Crippen LogP contribution in [0.15, 0.2) is 18.2 Å². The van der Waals surface area contributed by atoms with Gasteiger partial charge in [0, 0.05) is 0 Å². The van der Waals surface area contributed by atoms with Gasteiger partial charge in [0.1, 0.15) is 10.8 Å². The van der Waals surface area contributed by atoms with Gasteiger partial charge in [0.25, 0.3) is 0 Å².